The highest BCUT2D eigenvalue weighted by molar-refractivity contribution is 5.76. The molecule has 0 aromatic rings. The van der Waals surface area contributed by atoms with Gasteiger partial charge in [0.15, 0.2) is 0 Å². The van der Waals surface area contributed by atoms with Crippen molar-refractivity contribution in [2.75, 3.05) is 13.2 Å². The van der Waals surface area contributed by atoms with Gasteiger partial charge in [0.25, 0.3) is 0 Å². The van der Waals surface area contributed by atoms with Crippen molar-refractivity contribution < 1.29 is 24.5 Å². The Morgan fingerprint density at radius 1 is 0.359 bits per heavy atom. The number of aliphatic hydroxyl groups is 2. The van der Waals surface area contributed by atoms with E-state index in [1.165, 1.54) is 308 Å². The smallest absolute Gasteiger partial charge is 0.305 e. The van der Waals surface area contributed by atoms with E-state index in [0.717, 1.165) is 51.4 Å². The molecule has 0 rings (SSSR count). The van der Waals surface area contributed by atoms with Gasteiger partial charge in [-0.1, -0.05) is 346 Å². The van der Waals surface area contributed by atoms with Crippen molar-refractivity contribution >= 4 is 11.9 Å². The lowest BCUT2D eigenvalue weighted by Gasteiger charge is -2.20. The zero-order valence-electron chi connectivity index (χ0n) is 52.7. The van der Waals surface area contributed by atoms with Crippen LogP contribution in [0, 0.1) is 0 Å². The topological polar surface area (TPSA) is 95.9 Å². The van der Waals surface area contributed by atoms with Crippen LogP contribution in [0.2, 0.25) is 0 Å². The minimum atomic E-state index is -0.841. The number of hydrogen-bond acceptors (Lipinski definition) is 5. The molecule has 6 heteroatoms. The molecule has 2 atom stereocenters. The lowest BCUT2D eigenvalue weighted by molar-refractivity contribution is -0.143. The van der Waals surface area contributed by atoms with Crippen LogP contribution in [0.15, 0.2) is 36.5 Å². The van der Waals surface area contributed by atoms with Crippen molar-refractivity contribution in [3.8, 4) is 0 Å². The van der Waals surface area contributed by atoms with E-state index < -0.39 is 12.1 Å². The molecule has 0 aliphatic heterocycles. The largest absolute Gasteiger partial charge is 0.466 e. The number of aliphatic hydroxyl groups excluding tert-OH is 2. The van der Waals surface area contributed by atoms with Crippen LogP contribution in [-0.4, -0.2) is 47.4 Å². The van der Waals surface area contributed by atoms with Crippen molar-refractivity contribution in [2.45, 2.75) is 398 Å². The number of rotatable bonds is 66. The van der Waals surface area contributed by atoms with Gasteiger partial charge in [0, 0.05) is 12.8 Å². The molecule has 1 amide bonds. The lowest BCUT2D eigenvalue weighted by Crippen LogP contribution is -2.45. The highest BCUT2D eigenvalue weighted by atomic mass is 16.5. The summed E-state index contributed by atoms with van der Waals surface area (Å²) in [6.45, 7) is 4.90. The number of unbranched alkanes of at least 4 members (excludes halogenated alkanes) is 51. The van der Waals surface area contributed by atoms with Gasteiger partial charge in [0.05, 0.1) is 25.4 Å². The monoisotopic (exact) mass is 1100 g/mol. The average molecular weight is 1100 g/mol. The Hall–Kier alpha value is -1.92. The zero-order valence-corrected chi connectivity index (χ0v) is 52.7. The van der Waals surface area contributed by atoms with Crippen LogP contribution < -0.4 is 5.32 Å². The van der Waals surface area contributed by atoms with E-state index in [9.17, 15) is 19.8 Å². The summed E-state index contributed by atoms with van der Waals surface area (Å²) < 4.78 is 5.50. The number of carbonyl (C=O) groups is 2. The first-order valence-electron chi connectivity index (χ1n) is 35.3. The summed E-state index contributed by atoms with van der Waals surface area (Å²) in [5.74, 6) is -0.0501. The van der Waals surface area contributed by atoms with Gasteiger partial charge < -0.3 is 20.3 Å². The van der Waals surface area contributed by atoms with Crippen molar-refractivity contribution in [3.05, 3.63) is 36.5 Å². The van der Waals surface area contributed by atoms with Crippen LogP contribution in [0.1, 0.15) is 386 Å². The van der Waals surface area contributed by atoms with Crippen molar-refractivity contribution in [3.63, 3.8) is 0 Å². The molecule has 460 valence electrons. The Morgan fingerprint density at radius 2 is 0.641 bits per heavy atom. The van der Waals surface area contributed by atoms with E-state index in [0.29, 0.717) is 19.4 Å². The van der Waals surface area contributed by atoms with Gasteiger partial charge >= 0.3 is 5.97 Å². The number of allylic oxidation sites excluding steroid dienone is 5. The van der Waals surface area contributed by atoms with Crippen LogP contribution >= 0.6 is 0 Å². The molecule has 78 heavy (non-hydrogen) atoms. The fourth-order valence-corrected chi connectivity index (χ4v) is 11.0. The molecule has 0 fully saturated rings. The van der Waals surface area contributed by atoms with E-state index in [1.807, 2.05) is 6.08 Å². The van der Waals surface area contributed by atoms with Gasteiger partial charge in [-0.05, 0) is 64.2 Å². The highest BCUT2D eigenvalue weighted by Crippen LogP contribution is 2.19. The first-order chi connectivity index (χ1) is 38.5. The summed E-state index contributed by atoms with van der Waals surface area (Å²) >= 11 is 0. The van der Waals surface area contributed by atoms with E-state index in [2.05, 4.69) is 43.5 Å². The molecule has 6 nitrogen and oxygen atoms in total. The average Bonchev–Trinajstić information content (AvgIpc) is 3.44. The standard InChI is InChI=1S/C72H137NO5/c1-3-5-7-9-11-13-15-17-19-34-38-42-46-50-54-58-62-66-72(77)78-67-63-59-55-51-47-43-39-36-33-31-29-27-25-23-21-20-22-24-26-28-30-32-35-37-41-45-49-53-57-61-65-71(76)73-69(68-74)70(75)64-60-56-52-48-44-40-18-16-14-12-10-8-6-4-2/h11,13,17,19,60,64,69-70,74-75H,3-10,12,14-16,18,20-59,61-63,65-68H2,1-2H3,(H,73,76)/b13-11-,19-17-,64-60+. The SMILES string of the molecule is CCCCC/C=C\C/C=C\CCCCCCCCCC(=O)OCCCCCCCCCCCCCCCCCCCCCCCCCCCCCCCCC(=O)NC(CO)C(O)/C=C/CCCCCCCCCCCCCC. The molecule has 0 saturated heterocycles. The second kappa shape index (κ2) is 67.6. The first-order valence-corrected chi connectivity index (χ1v) is 35.3. The van der Waals surface area contributed by atoms with E-state index in [-0.39, 0.29) is 18.5 Å². The number of esters is 1. The number of amides is 1. The van der Waals surface area contributed by atoms with Crippen LogP contribution in [0.3, 0.4) is 0 Å². The summed E-state index contributed by atoms with van der Waals surface area (Å²) in [4.78, 5) is 24.6. The summed E-state index contributed by atoms with van der Waals surface area (Å²) in [7, 11) is 0. The van der Waals surface area contributed by atoms with Crippen LogP contribution in [0.4, 0.5) is 0 Å². The molecule has 0 bridgehead atoms. The van der Waals surface area contributed by atoms with Crippen molar-refractivity contribution in [2.24, 2.45) is 0 Å². The molecule has 0 saturated carbocycles. The maximum Gasteiger partial charge on any atom is 0.305 e. The number of hydrogen-bond donors (Lipinski definition) is 3. The zero-order chi connectivity index (χ0) is 56.4. The van der Waals surface area contributed by atoms with Gasteiger partial charge in [0.1, 0.15) is 0 Å². The van der Waals surface area contributed by atoms with Crippen LogP contribution in [0.25, 0.3) is 0 Å². The minimum Gasteiger partial charge on any atom is -0.466 e. The van der Waals surface area contributed by atoms with Gasteiger partial charge in [-0.2, -0.15) is 0 Å². The van der Waals surface area contributed by atoms with E-state index in [1.54, 1.807) is 6.08 Å². The molecule has 0 aromatic carbocycles. The molecule has 0 heterocycles. The third-order valence-electron chi connectivity index (χ3n) is 16.4. The molecular formula is C72H137NO5. The van der Waals surface area contributed by atoms with Crippen molar-refractivity contribution in [1.29, 1.82) is 0 Å². The first kappa shape index (κ1) is 76.1. The lowest BCUT2D eigenvalue weighted by atomic mass is 10.0. The maximum absolute atomic E-state index is 12.5. The summed E-state index contributed by atoms with van der Waals surface area (Å²) in [5, 5.41) is 23.1. The Morgan fingerprint density at radius 3 is 1.00 bits per heavy atom. The van der Waals surface area contributed by atoms with Gasteiger partial charge in [-0.15, -0.1) is 0 Å². The van der Waals surface area contributed by atoms with Gasteiger partial charge in [-0.25, -0.2) is 0 Å². The number of ether oxygens (including phenoxy) is 1. The molecule has 2 unspecified atom stereocenters. The third kappa shape index (κ3) is 63.3. The van der Waals surface area contributed by atoms with E-state index >= 15 is 0 Å². The predicted molar refractivity (Wildman–Crippen MR) is 343 cm³/mol. The molecule has 0 aliphatic rings. The summed E-state index contributed by atoms with van der Waals surface area (Å²) in [6.07, 6.45) is 86.6. The Labute approximate surface area is 487 Å². The van der Waals surface area contributed by atoms with Crippen LogP contribution in [-0.2, 0) is 14.3 Å². The van der Waals surface area contributed by atoms with E-state index in [4.69, 9.17) is 4.74 Å². The quantitative estimate of drug-likeness (QED) is 0.0320. The fourth-order valence-electron chi connectivity index (χ4n) is 11.0. The molecular weight excluding hydrogens is 959 g/mol. The maximum atomic E-state index is 12.5. The molecule has 0 spiro atoms. The Bertz CT molecular complexity index is 1260. The summed E-state index contributed by atoms with van der Waals surface area (Å²) in [5.41, 5.74) is 0. The molecule has 0 radical (unpaired) electrons. The van der Waals surface area contributed by atoms with Crippen molar-refractivity contribution in [1.82, 2.24) is 5.32 Å². The second-order valence-corrected chi connectivity index (χ2v) is 24.2. The molecule has 0 aliphatic carbocycles. The predicted octanol–water partition coefficient (Wildman–Crippen LogP) is 22.7. The Balaban J connectivity index is 3.34. The van der Waals surface area contributed by atoms with Gasteiger partial charge in [-0.3, -0.25) is 9.59 Å². The fraction of sp³-hybridized carbons (Fsp3) is 0.889. The number of carbonyl (C=O) groups excluding carboxylic acids is 2. The van der Waals surface area contributed by atoms with Gasteiger partial charge in [0.2, 0.25) is 5.91 Å². The minimum absolute atomic E-state index is 0.0123. The Kier molecular flexibility index (Phi) is 65.9. The summed E-state index contributed by atoms with van der Waals surface area (Å²) in [6, 6.07) is -0.624. The van der Waals surface area contributed by atoms with Crippen LogP contribution in [0.5, 0.6) is 0 Å². The number of nitrogens with one attached hydrogen (secondary N) is 1. The second-order valence-electron chi connectivity index (χ2n) is 24.2. The third-order valence-corrected chi connectivity index (χ3v) is 16.4. The highest BCUT2D eigenvalue weighted by Gasteiger charge is 2.18. The normalized spacial score (nSPS) is 12.7. The molecule has 3 N–H and O–H groups in total. The molecule has 0 aromatic heterocycles.